The molecule has 0 amide bonds. The normalized spacial score (nSPS) is 24.9. The Bertz CT molecular complexity index is 316. The Morgan fingerprint density at radius 1 is 1.50 bits per heavy atom. The van der Waals surface area contributed by atoms with Crippen LogP contribution in [0.1, 0.15) is 32.4 Å². The van der Waals surface area contributed by atoms with E-state index in [-0.39, 0.29) is 5.54 Å². The first-order chi connectivity index (χ1) is 7.57. The summed E-state index contributed by atoms with van der Waals surface area (Å²) in [6, 6.07) is 4.91. The van der Waals surface area contributed by atoms with Crippen molar-refractivity contribution in [3.8, 4) is 0 Å². The summed E-state index contributed by atoms with van der Waals surface area (Å²) >= 11 is 0. The first-order valence-corrected chi connectivity index (χ1v) is 6.14. The molecule has 3 nitrogen and oxygen atoms in total. The predicted molar refractivity (Wildman–Crippen MR) is 67.4 cm³/mol. The second-order valence-electron chi connectivity index (χ2n) is 5.57. The number of aromatic amines is 1. The third kappa shape index (κ3) is 2.86. The first kappa shape index (κ1) is 11.7. The van der Waals surface area contributed by atoms with Gasteiger partial charge in [-0.25, -0.2) is 0 Å². The number of rotatable bonds is 3. The highest BCUT2D eigenvalue weighted by Gasteiger charge is 2.29. The number of nitrogens with zero attached hydrogens (tertiary/aromatic N) is 1. The van der Waals surface area contributed by atoms with Gasteiger partial charge in [0.2, 0.25) is 0 Å². The van der Waals surface area contributed by atoms with E-state index in [4.69, 9.17) is 0 Å². The monoisotopic (exact) mass is 221 g/mol. The van der Waals surface area contributed by atoms with Crippen LogP contribution >= 0.6 is 0 Å². The van der Waals surface area contributed by atoms with Crippen LogP contribution in [0.5, 0.6) is 0 Å². The van der Waals surface area contributed by atoms with Gasteiger partial charge in [-0.3, -0.25) is 4.90 Å². The molecule has 0 radical (unpaired) electrons. The maximum Gasteiger partial charge on any atom is 0.0384 e. The summed E-state index contributed by atoms with van der Waals surface area (Å²) in [5, 5.41) is 3.57. The molecule has 0 bridgehead atoms. The fourth-order valence-electron chi connectivity index (χ4n) is 2.58. The fourth-order valence-corrected chi connectivity index (χ4v) is 2.58. The van der Waals surface area contributed by atoms with Crippen molar-refractivity contribution in [3.05, 3.63) is 24.0 Å². The van der Waals surface area contributed by atoms with Crippen molar-refractivity contribution < 1.29 is 0 Å². The molecule has 0 spiro atoms. The van der Waals surface area contributed by atoms with Gasteiger partial charge in [0.05, 0.1) is 0 Å². The highest BCUT2D eigenvalue weighted by molar-refractivity contribution is 5.04. The van der Waals surface area contributed by atoms with E-state index in [2.05, 4.69) is 48.2 Å². The van der Waals surface area contributed by atoms with Crippen molar-refractivity contribution in [1.29, 1.82) is 0 Å². The van der Waals surface area contributed by atoms with E-state index in [1.807, 2.05) is 6.20 Å². The minimum absolute atomic E-state index is 0.285. The molecular formula is C13H23N3. The molecule has 1 fully saturated rings. The Morgan fingerprint density at radius 2 is 2.31 bits per heavy atom. The standard InChI is InChI=1S/C13H23N3/c1-13(2)9-12(6-8-15-13)16(3)10-11-5-4-7-14-11/h4-5,7,12,14-15H,6,8-10H2,1-3H3. The highest BCUT2D eigenvalue weighted by Crippen LogP contribution is 2.22. The average molecular weight is 221 g/mol. The van der Waals surface area contributed by atoms with Crippen LogP contribution in [0.15, 0.2) is 18.3 Å². The van der Waals surface area contributed by atoms with Crippen LogP contribution in [0.2, 0.25) is 0 Å². The van der Waals surface area contributed by atoms with Crippen LogP contribution in [-0.2, 0) is 6.54 Å². The number of aromatic nitrogens is 1. The quantitative estimate of drug-likeness (QED) is 0.817. The molecule has 1 aliphatic rings. The molecule has 1 aromatic heterocycles. The van der Waals surface area contributed by atoms with E-state index in [9.17, 15) is 0 Å². The van der Waals surface area contributed by atoms with Gasteiger partial charge in [0.1, 0.15) is 0 Å². The lowest BCUT2D eigenvalue weighted by molar-refractivity contribution is 0.137. The van der Waals surface area contributed by atoms with Crippen molar-refractivity contribution in [3.63, 3.8) is 0 Å². The minimum atomic E-state index is 0.285. The molecule has 16 heavy (non-hydrogen) atoms. The predicted octanol–water partition coefficient (Wildman–Crippen LogP) is 1.98. The Balaban J connectivity index is 1.91. The molecule has 0 aliphatic carbocycles. The molecule has 1 saturated heterocycles. The summed E-state index contributed by atoms with van der Waals surface area (Å²) in [4.78, 5) is 5.74. The molecule has 1 aliphatic heterocycles. The molecule has 1 atom stereocenters. The van der Waals surface area contributed by atoms with E-state index in [1.165, 1.54) is 18.5 Å². The van der Waals surface area contributed by atoms with E-state index < -0.39 is 0 Å². The topological polar surface area (TPSA) is 31.1 Å². The molecular weight excluding hydrogens is 198 g/mol. The van der Waals surface area contributed by atoms with Gasteiger partial charge in [0, 0.05) is 30.0 Å². The minimum Gasteiger partial charge on any atom is -0.364 e. The van der Waals surface area contributed by atoms with Gasteiger partial charge in [0.25, 0.3) is 0 Å². The van der Waals surface area contributed by atoms with Gasteiger partial charge >= 0.3 is 0 Å². The second-order valence-corrected chi connectivity index (χ2v) is 5.57. The molecule has 2 heterocycles. The Morgan fingerprint density at radius 3 is 2.94 bits per heavy atom. The lowest BCUT2D eigenvalue weighted by Gasteiger charge is -2.40. The lowest BCUT2D eigenvalue weighted by Crippen LogP contribution is -2.52. The molecule has 3 heteroatoms. The average Bonchev–Trinajstić information content (AvgIpc) is 2.69. The maximum atomic E-state index is 3.57. The van der Waals surface area contributed by atoms with Crippen LogP contribution in [0, 0.1) is 0 Å². The fraction of sp³-hybridized carbons (Fsp3) is 0.692. The van der Waals surface area contributed by atoms with Crippen LogP contribution in [0.4, 0.5) is 0 Å². The summed E-state index contributed by atoms with van der Waals surface area (Å²) in [5.74, 6) is 0. The zero-order valence-electron chi connectivity index (χ0n) is 10.6. The van der Waals surface area contributed by atoms with Crippen LogP contribution < -0.4 is 5.32 Å². The molecule has 1 aromatic rings. The van der Waals surface area contributed by atoms with E-state index in [0.717, 1.165) is 13.1 Å². The summed E-state index contributed by atoms with van der Waals surface area (Å²) < 4.78 is 0. The van der Waals surface area contributed by atoms with E-state index in [0.29, 0.717) is 6.04 Å². The van der Waals surface area contributed by atoms with E-state index in [1.54, 1.807) is 0 Å². The van der Waals surface area contributed by atoms with Gasteiger partial charge in [-0.2, -0.15) is 0 Å². The van der Waals surface area contributed by atoms with Gasteiger partial charge in [-0.1, -0.05) is 0 Å². The highest BCUT2D eigenvalue weighted by atomic mass is 15.2. The number of H-pyrrole nitrogens is 1. The molecule has 0 aromatic carbocycles. The largest absolute Gasteiger partial charge is 0.364 e. The maximum absolute atomic E-state index is 3.57. The molecule has 0 saturated carbocycles. The zero-order chi connectivity index (χ0) is 11.6. The zero-order valence-corrected chi connectivity index (χ0v) is 10.6. The summed E-state index contributed by atoms with van der Waals surface area (Å²) in [7, 11) is 2.23. The summed E-state index contributed by atoms with van der Waals surface area (Å²) in [6.07, 6.45) is 4.47. The SMILES string of the molecule is CN(Cc1ccc[nH]1)C1CCNC(C)(C)C1. The van der Waals surface area contributed by atoms with Crippen LogP contribution in [0.3, 0.4) is 0 Å². The molecule has 1 unspecified atom stereocenters. The van der Waals surface area contributed by atoms with Crippen molar-refractivity contribution in [2.24, 2.45) is 0 Å². The van der Waals surface area contributed by atoms with Crippen LogP contribution in [-0.4, -0.2) is 35.1 Å². The van der Waals surface area contributed by atoms with Crippen LogP contribution in [0.25, 0.3) is 0 Å². The van der Waals surface area contributed by atoms with Crippen molar-refractivity contribution >= 4 is 0 Å². The van der Waals surface area contributed by atoms with Gasteiger partial charge in [-0.05, 0) is 52.4 Å². The van der Waals surface area contributed by atoms with Gasteiger partial charge in [0.15, 0.2) is 0 Å². The Kier molecular flexibility index (Phi) is 3.36. The number of hydrogen-bond donors (Lipinski definition) is 2. The molecule has 2 rings (SSSR count). The molecule has 2 N–H and O–H groups in total. The number of hydrogen-bond acceptors (Lipinski definition) is 2. The van der Waals surface area contributed by atoms with E-state index >= 15 is 0 Å². The van der Waals surface area contributed by atoms with Gasteiger partial charge in [-0.15, -0.1) is 0 Å². The lowest BCUT2D eigenvalue weighted by atomic mass is 9.88. The summed E-state index contributed by atoms with van der Waals surface area (Å²) in [6.45, 7) is 6.74. The first-order valence-electron chi connectivity index (χ1n) is 6.14. The second kappa shape index (κ2) is 4.60. The third-order valence-electron chi connectivity index (χ3n) is 3.53. The van der Waals surface area contributed by atoms with Gasteiger partial charge < -0.3 is 10.3 Å². The molecule has 90 valence electrons. The van der Waals surface area contributed by atoms with Crippen molar-refractivity contribution in [1.82, 2.24) is 15.2 Å². The number of piperidine rings is 1. The Labute approximate surface area is 98.2 Å². The smallest absolute Gasteiger partial charge is 0.0384 e. The van der Waals surface area contributed by atoms with Crippen molar-refractivity contribution in [2.75, 3.05) is 13.6 Å². The summed E-state index contributed by atoms with van der Waals surface area (Å²) in [5.41, 5.74) is 1.59. The third-order valence-corrected chi connectivity index (χ3v) is 3.53. The number of nitrogens with one attached hydrogen (secondary N) is 2. The Hall–Kier alpha value is -0.800. The van der Waals surface area contributed by atoms with Crippen molar-refractivity contribution in [2.45, 2.75) is 44.8 Å².